The molecule has 1 amide bonds. The molecule has 0 radical (unpaired) electrons. The minimum absolute atomic E-state index is 0.104. The third-order valence-corrected chi connectivity index (χ3v) is 4.87. The molecule has 106 valence electrons. The molecule has 0 unspecified atom stereocenters. The maximum atomic E-state index is 12.4. The van der Waals surface area contributed by atoms with Crippen LogP contribution in [0.2, 0.25) is 0 Å². The molecule has 2 aromatic rings. The number of hydrogen-bond acceptors (Lipinski definition) is 3. The number of piperidine rings is 1. The quantitative estimate of drug-likeness (QED) is 0.944. The van der Waals surface area contributed by atoms with Crippen molar-refractivity contribution in [2.24, 2.45) is 0 Å². The van der Waals surface area contributed by atoms with Gasteiger partial charge in [-0.2, -0.15) is 0 Å². The lowest BCUT2D eigenvalue weighted by molar-refractivity contribution is 0.0702. The minimum atomic E-state index is 0.104. The molecule has 4 nitrogen and oxygen atoms in total. The second kappa shape index (κ2) is 5.79. The predicted molar refractivity (Wildman–Crippen MR) is 80.2 cm³/mol. The van der Waals surface area contributed by atoms with E-state index in [2.05, 4.69) is 22.3 Å². The van der Waals surface area contributed by atoms with Crippen molar-refractivity contribution in [3.63, 3.8) is 0 Å². The Bertz CT molecular complexity index is 576. The fourth-order valence-corrected chi connectivity index (χ4v) is 3.70. The van der Waals surface area contributed by atoms with E-state index in [1.807, 2.05) is 17.0 Å². The Labute approximate surface area is 122 Å². The van der Waals surface area contributed by atoms with E-state index in [9.17, 15) is 4.79 Å². The first-order valence-electron chi connectivity index (χ1n) is 7.15. The van der Waals surface area contributed by atoms with Crippen molar-refractivity contribution in [3.8, 4) is 0 Å². The molecule has 1 aliphatic rings. The molecule has 0 aliphatic carbocycles. The van der Waals surface area contributed by atoms with Crippen LogP contribution in [0.15, 0.2) is 23.7 Å². The zero-order valence-corrected chi connectivity index (χ0v) is 12.4. The van der Waals surface area contributed by atoms with Gasteiger partial charge in [0.1, 0.15) is 5.69 Å². The van der Waals surface area contributed by atoms with Crippen molar-refractivity contribution < 1.29 is 4.79 Å². The summed E-state index contributed by atoms with van der Waals surface area (Å²) in [6.45, 7) is 3.76. The van der Waals surface area contributed by atoms with Gasteiger partial charge in [-0.15, -0.1) is 11.3 Å². The van der Waals surface area contributed by atoms with Gasteiger partial charge in [0.05, 0.1) is 10.7 Å². The lowest BCUT2D eigenvalue weighted by Gasteiger charge is -2.31. The Morgan fingerprint density at radius 1 is 1.60 bits per heavy atom. The van der Waals surface area contributed by atoms with Gasteiger partial charge in [-0.3, -0.25) is 4.79 Å². The van der Waals surface area contributed by atoms with Gasteiger partial charge in [-0.05, 0) is 31.4 Å². The van der Waals surface area contributed by atoms with Crippen LogP contribution in [0, 0.1) is 0 Å². The fraction of sp³-hybridized carbons (Fsp3) is 0.467. The highest BCUT2D eigenvalue weighted by Gasteiger charge is 2.27. The van der Waals surface area contributed by atoms with Crippen LogP contribution in [0.4, 0.5) is 0 Å². The summed E-state index contributed by atoms with van der Waals surface area (Å²) >= 11 is 1.73. The number of aromatic amines is 1. The monoisotopic (exact) mass is 289 g/mol. The number of hydrogen-bond donors (Lipinski definition) is 1. The van der Waals surface area contributed by atoms with E-state index >= 15 is 0 Å². The van der Waals surface area contributed by atoms with E-state index in [4.69, 9.17) is 0 Å². The van der Waals surface area contributed by atoms with Crippen molar-refractivity contribution in [3.05, 3.63) is 40.1 Å². The number of likely N-dealkylation sites (tertiary alicyclic amines) is 1. The molecule has 0 spiro atoms. The third-order valence-electron chi connectivity index (χ3n) is 3.82. The number of thiazole rings is 1. The normalized spacial score (nSPS) is 19.2. The van der Waals surface area contributed by atoms with Gasteiger partial charge in [0.2, 0.25) is 0 Å². The minimum Gasteiger partial charge on any atom is -0.357 e. The second-order valence-corrected chi connectivity index (χ2v) is 6.09. The molecular weight excluding hydrogens is 270 g/mol. The van der Waals surface area contributed by atoms with Gasteiger partial charge in [0.15, 0.2) is 0 Å². The SMILES string of the molecule is CCc1csc([C@@H]2CCCN(C(=O)c3ccc[nH]3)C2)n1. The number of carbonyl (C=O) groups is 1. The lowest BCUT2D eigenvalue weighted by Crippen LogP contribution is -2.39. The topological polar surface area (TPSA) is 49.0 Å². The Kier molecular flexibility index (Phi) is 3.87. The summed E-state index contributed by atoms with van der Waals surface area (Å²) in [4.78, 5) is 22.0. The van der Waals surface area contributed by atoms with Crippen LogP contribution in [0.5, 0.6) is 0 Å². The Morgan fingerprint density at radius 2 is 2.50 bits per heavy atom. The molecule has 1 aliphatic heterocycles. The van der Waals surface area contributed by atoms with E-state index in [1.165, 1.54) is 5.01 Å². The number of nitrogens with one attached hydrogen (secondary N) is 1. The van der Waals surface area contributed by atoms with E-state index in [1.54, 1.807) is 17.5 Å². The number of H-pyrrole nitrogens is 1. The van der Waals surface area contributed by atoms with Gasteiger partial charge in [-0.25, -0.2) is 4.98 Å². The number of rotatable bonds is 3. The first-order valence-corrected chi connectivity index (χ1v) is 8.03. The molecule has 0 aromatic carbocycles. The molecule has 1 atom stereocenters. The molecule has 0 bridgehead atoms. The molecule has 0 saturated carbocycles. The first kappa shape index (κ1) is 13.4. The molecule has 3 heterocycles. The highest BCUT2D eigenvalue weighted by Crippen LogP contribution is 2.29. The molecule has 20 heavy (non-hydrogen) atoms. The maximum Gasteiger partial charge on any atom is 0.270 e. The molecule has 1 saturated heterocycles. The van der Waals surface area contributed by atoms with Crippen molar-refractivity contribution in [1.82, 2.24) is 14.9 Å². The molecule has 5 heteroatoms. The number of aryl methyl sites for hydroxylation is 1. The van der Waals surface area contributed by atoms with Gasteiger partial charge < -0.3 is 9.88 Å². The summed E-state index contributed by atoms with van der Waals surface area (Å²) < 4.78 is 0. The zero-order valence-electron chi connectivity index (χ0n) is 11.6. The van der Waals surface area contributed by atoms with Crippen LogP contribution in [0.3, 0.4) is 0 Å². The van der Waals surface area contributed by atoms with Crippen LogP contribution >= 0.6 is 11.3 Å². The van der Waals surface area contributed by atoms with Crippen molar-refractivity contribution >= 4 is 17.2 Å². The van der Waals surface area contributed by atoms with E-state index in [0.717, 1.165) is 38.0 Å². The lowest BCUT2D eigenvalue weighted by atomic mass is 9.98. The van der Waals surface area contributed by atoms with Crippen LogP contribution in [-0.2, 0) is 6.42 Å². The molecule has 1 N–H and O–H groups in total. The molecular formula is C15H19N3OS. The highest BCUT2D eigenvalue weighted by molar-refractivity contribution is 7.09. The average molecular weight is 289 g/mol. The smallest absolute Gasteiger partial charge is 0.270 e. The van der Waals surface area contributed by atoms with Crippen molar-refractivity contribution in [2.75, 3.05) is 13.1 Å². The summed E-state index contributed by atoms with van der Waals surface area (Å²) in [5, 5.41) is 3.33. The summed E-state index contributed by atoms with van der Waals surface area (Å²) in [6, 6.07) is 3.70. The summed E-state index contributed by atoms with van der Waals surface area (Å²) in [5.74, 6) is 0.500. The van der Waals surface area contributed by atoms with Crippen molar-refractivity contribution in [1.29, 1.82) is 0 Å². The largest absolute Gasteiger partial charge is 0.357 e. The molecule has 2 aromatic heterocycles. The van der Waals surface area contributed by atoms with Gasteiger partial charge in [0, 0.05) is 30.6 Å². The summed E-state index contributed by atoms with van der Waals surface area (Å²) in [5.41, 5.74) is 1.84. The van der Waals surface area contributed by atoms with E-state index in [0.29, 0.717) is 11.6 Å². The van der Waals surface area contributed by atoms with E-state index < -0.39 is 0 Å². The Morgan fingerprint density at radius 3 is 3.20 bits per heavy atom. The summed E-state index contributed by atoms with van der Waals surface area (Å²) in [6.07, 6.45) is 4.96. The third kappa shape index (κ3) is 2.63. The van der Waals surface area contributed by atoms with Crippen LogP contribution < -0.4 is 0 Å². The van der Waals surface area contributed by atoms with Crippen LogP contribution in [0.25, 0.3) is 0 Å². The zero-order chi connectivity index (χ0) is 13.9. The highest BCUT2D eigenvalue weighted by atomic mass is 32.1. The van der Waals surface area contributed by atoms with E-state index in [-0.39, 0.29) is 5.91 Å². The average Bonchev–Trinajstić information content (AvgIpc) is 3.17. The number of amides is 1. The molecule has 3 rings (SSSR count). The Hall–Kier alpha value is -1.62. The standard InChI is InChI=1S/C15H19N3OS/c1-2-12-10-20-14(17-12)11-5-4-8-18(9-11)15(19)13-6-3-7-16-13/h3,6-7,10-11,16H,2,4-5,8-9H2,1H3/t11-/m1/s1. The number of carbonyl (C=O) groups excluding carboxylic acids is 1. The summed E-state index contributed by atoms with van der Waals surface area (Å²) in [7, 11) is 0. The van der Waals surface area contributed by atoms with Gasteiger partial charge in [-0.1, -0.05) is 6.92 Å². The second-order valence-electron chi connectivity index (χ2n) is 5.20. The Balaban J connectivity index is 1.71. The molecule has 1 fully saturated rings. The fourth-order valence-electron chi connectivity index (χ4n) is 2.67. The van der Waals surface area contributed by atoms with Gasteiger partial charge in [0.25, 0.3) is 5.91 Å². The first-order chi connectivity index (χ1) is 9.78. The van der Waals surface area contributed by atoms with Crippen LogP contribution in [0.1, 0.15) is 46.9 Å². The maximum absolute atomic E-state index is 12.4. The number of aromatic nitrogens is 2. The van der Waals surface area contributed by atoms with Crippen molar-refractivity contribution in [2.45, 2.75) is 32.1 Å². The number of nitrogens with zero attached hydrogens (tertiary/aromatic N) is 2. The van der Waals surface area contributed by atoms with Crippen LogP contribution in [-0.4, -0.2) is 33.9 Å². The van der Waals surface area contributed by atoms with Gasteiger partial charge >= 0.3 is 0 Å². The predicted octanol–water partition coefficient (Wildman–Crippen LogP) is 3.05.